The molecule has 2 saturated heterocycles. The number of piperidine rings is 1. The number of nitrogens with zero attached hydrogens (tertiary/aromatic N) is 4. The summed E-state index contributed by atoms with van der Waals surface area (Å²) in [6, 6.07) is 7.23. The van der Waals surface area contributed by atoms with E-state index in [1.165, 1.54) is 37.0 Å². The van der Waals surface area contributed by atoms with Gasteiger partial charge in [-0.15, -0.1) is 12.4 Å². The third kappa shape index (κ3) is 7.64. The number of carboxylic acids is 1. The third-order valence-corrected chi connectivity index (χ3v) is 11.5. The van der Waals surface area contributed by atoms with Gasteiger partial charge >= 0.3 is 5.97 Å². The van der Waals surface area contributed by atoms with Crippen molar-refractivity contribution in [3.05, 3.63) is 69.4 Å². The number of carboxylic acid groups (broad SMARTS) is 1. The SMILES string of the molecule is CNS(=O)(=O)CCc1ccc2[nH]cc(C3CCN(C)CC3)c2c1.C[C@H]1COc2c(N3CCN(C)CC3)c(F)cc3c(=O)c(C(=O)O)cn1c23.Cl. The van der Waals surface area contributed by atoms with E-state index in [2.05, 4.69) is 44.9 Å². The van der Waals surface area contributed by atoms with Crippen LogP contribution in [-0.4, -0.2) is 112 Å². The van der Waals surface area contributed by atoms with E-state index in [1.54, 1.807) is 4.57 Å². The molecule has 5 heterocycles. The molecule has 0 saturated carbocycles. The molecule has 0 bridgehead atoms. The fraction of sp³-hybridized carbons (Fsp3) is 0.486. The lowest BCUT2D eigenvalue weighted by Gasteiger charge is -2.37. The molecule has 2 aromatic carbocycles. The highest BCUT2D eigenvalue weighted by molar-refractivity contribution is 7.89. The van der Waals surface area contributed by atoms with Crippen molar-refractivity contribution < 1.29 is 27.4 Å². The molecule has 0 spiro atoms. The Hall–Kier alpha value is -3.69. The molecule has 3 aliphatic rings. The van der Waals surface area contributed by atoms with Crippen molar-refractivity contribution in [2.45, 2.75) is 38.1 Å². The number of pyridine rings is 1. The van der Waals surface area contributed by atoms with Gasteiger partial charge in [0.1, 0.15) is 17.9 Å². The van der Waals surface area contributed by atoms with E-state index in [0.29, 0.717) is 42.4 Å². The van der Waals surface area contributed by atoms with Gasteiger partial charge in [-0.05, 0) is 95.7 Å². The first-order valence-corrected chi connectivity index (χ1v) is 18.4. The Bertz CT molecular complexity index is 2040. The summed E-state index contributed by atoms with van der Waals surface area (Å²) in [7, 11) is 2.49. The van der Waals surface area contributed by atoms with Crippen molar-refractivity contribution in [3.63, 3.8) is 0 Å². The zero-order valence-electron chi connectivity index (χ0n) is 28.9. The lowest BCUT2D eigenvalue weighted by molar-refractivity contribution is 0.0694. The average molecular weight is 733 g/mol. The van der Waals surface area contributed by atoms with Gasteiger partial charge < -0.3 is 34.1 Å². The van der Waals surface area contributed by atoms with E-state index in [4.69, 9.17) is 4.74 Å². The number of benzene rings is 2. The summed E-state index contributed by atoms with van der Waals surface area (Å²) < 4.78 is 48.1. The Morgan fingerprint density at radius 2 is 1.74 bits per heavy atom. The maximum Gasteiger partial charge on any atom is 0.341 e. The van der Waals surface area contributed by atoms with Gasteiger partial charge in [-0.2, -0.15) is 0 Å². The van der Waals surface area contributed by atoms with Gasteiger partial charge in [0.05, 0.1) is 22.7 Å². The predicted octanol–water partition coefficient (Wildman–Crippen LogP) is 4.03. The number of H-pyrrole nitrogens is 1. The standard InChI is InChI=1S/C18H20FN3O4.C17H25N3O2S.ClH/c1-10-9-26-17-14-11(16(23)12(18(24)25)8-22(10)14)7-13(19)15(17)21-5-3-20(2)4-6-21;1-18-23(21,22)10-7-13-3-4-17-15(11-13)16(12-19-17)14-5-8-20(2)9-6-14;/h7-8,10H,3-6,9H2,1-2H3,(H,24,25);3-4,11-12,14,18-19H,5-10H2,1-2H3;1H/t10-;;/m0../s1. The van der Waals surface area contributed by atoms with Gasteiger partial charge in [0.15, 0.2) is 11.6 Å². The number of ether oxygens (including phenoxy) is 1. The summed E-state index contributed by atoms with van der Waals surface area (Å²) in [5.74, 6) is -0.821. The minimum Gasteiger partial charge on any atom is -0.487 e. The fourth-order valence-corrected chi connectivity index (χ4v) is 7.75. The topological polar surface area (TPSA) is 140 Å². The second kappa shape index (κ2) is 15.3. The monoisotopic (exact) mass is 732 g/mol. The van der Waals surface area contributed by atoms with Gasteiger partial charge in [-0.3, -0.25) is 4.79 Å². The minimum atomic E-state index is -3.16. The van der Waals surface area contributed by atoms with Crippen molar-refractivity contribution in [3.8, 4) is 5.75 Å². The zero-order chi connectivity index (χ0) is 35.0. The molecular weight excluding hydrogens is 687 g/mol. The number of aromatic carboxylic acids is 1. The van der Waals surface area contributed by atoms with Crippen molar-refractivity contribution >= 4 is 55.9 Å². The molecule has 2 fully saturated rings. The zero-order valence-corrected chi connectivity index (χ0v) is 30.5. The number of anilines is 1. The number of aromatic amines is 1. The molecule has 50 heavy (non-hydrogen) atoms. The number of carbonyl (C=O) groups is 1. The number of hydrogen-bond donors (Lipinski definition) is 3. The summed E-state index contributed by atoms with van der Waals surface area (Å²) >= 11 is 0. The number of rotatable bonds is 7. The van der Waals surface area contributed by atoms with Crippen molar-refractivity contribution in [1.82, 2.24) is 24.1 Å². The van der Waals surface area contributed by atoms with Gasteiger partial charge in [-0.1, -0.05) is 6.07 Å². The van der Waals surface area contributed by atoms with Crippen LogP contribution in [0.15, 0.2) is 41.5 Å². The number of nitrogens with one attached hydrogen (secondary N) is 2. The maximum atomic E-state index is 15.0. The molecule has 4 aromatic rings. The Morgan fingerprint density at radius 1 is 1.06 bits per heavy atom. The Kier molecular flexibility index (Phi) is 11.5. The summed E-state index contributed by atoms with van der Waals surface area (Å²) in [5, 5.41) is 10.6. The van der Waals surface area contributed by atoms with Crippen molar-refractivity contribution in [2.75, 3.05) is 77.7 Å². The molecule has 272 valence electrons. The summed E-state index contributed by atoms with van der Waals surface area (Å²) in [5.41, 5.74) is 3.37. The van der Waals surface area contributed by atoms with Crippen LogP contribution >= 0.6 is 12.4 Å². The average Bonchev–Trinajstić information content (AvgIpc) is 3.51. The Balaban J connectivity index is 0.000000192. The molecule has 0 aliphatic carbocycles. The van der Waals surface area contributed by atoms with Gasteiger partial charge in [0, 0.05) is 49.5 Å². The van der Waals surface area contributed by atoms with Crippen LogP contribution in [0.1, 0.15) is 53.2 Å². The maximum absolute atomic E-state index is 15.0. The number of fused-ring (bicyclic) bond motifs is 1. The normalized spacial score (nSPS) is 18.7. The quantitative estimate of drug-likeness (QED) is 0.257. The molecule has 3 N–H and O–H groups in total. The largest absolute Gasteiger partial charge is 0.487 e. The Morgan fingerprint density at radius 3 is 2.40 bits per heavy atom. The summed E-state index contributed by atoms with van der Waals surface area (Å²) in [6.45, 7) is 7.35. The second-order valence-electron chi connectivity index (χ2n) is 13.4. The molecule has 0 amide bonds. The highest BCUT2D eigenvalue weighted by Crippen LogP contribution is 2.42. The van der Waals surface area contributed by atoms with Crippen LogP contribution in [0.4, 0.5) is 10.1 Å². The smallest absolute Gasteiger partial charge is 0.341 e. The molecule has 12 nitrogen and oxygen atoms in total. The number of aromatic nitrogens is 2. The Labute approximate surface area is 297 Å². The van der Waals surface area contributed by atoms with Gasteiger partial charge in [0.25, 0.3) is 0 Å². The molecular formula is C35H46ClFN6O6S. The van der Waals surface area contributed by atoms with E-state index in [1.807, 2.05) is 24.9 Å². The van der Waals surface area contributed by atoms with Crippen LogP contribution in [-0.2, 0) is 16.4 Å². The molecule has 0 unspecified atom stereocenters. The molecule has 2 aromatic heterocycles. The number of aryl methyl sites for hydroxylation is 1. The van der Waals surface area contributed by atoms with Crippen molar-refractivity contribution in [1.29, 1.82) is 0 Å². The number of likely N-dealkylation sites (tertiary alicyclic amines) is 1. The number of halogens is 2. The van der Waals surface area contributed by atoms with E-state index < -0.39 is 27.2 Å². The number of sulfonamides is 1. The van der Waals surface area contributed by atoms with Crippen LogP contribution in [0.5, 0.6) is 5.75 Å². The van der Waals surface area contributed by atoms with Crippen LogP contribution in [0.25, 0.3) is 21.8 Å². The van der Waals surface area contributed by atoms with Crippen LogP contribution < -0.4 is 19.8 Å². The molecule has 15 heteroatoms. The third-order valence-electron chi connectivity index (χ3n) is 10.1. The summed E-state index contributed by atoms with van der Waals surface area (Å²) in [4.78, 5) is 33.8. The lowest BCUT2D eigenvalue weighted by atomic mass is 9.89. The molecule has 1 atom stereocenters. The minimum absolute atomic E-state index is 0. The highest BCUT2D eigenvalue weighted by atomic mass is 35.5. The highest BCUT2D eigenvalue weighted by Gasteiger charge is 2.31. The predicted molar refractivity (Wildman–Crippen MR) is 197 cm³/mol. The van der Waals surface area contributed by atoms with Gasteiger partial charge in [0.2, 0.25) is 15.5 Å². The van der Waals surface area contributed by atoms with Crippen molar-refractivity contribution in [2.24, 2.45) is 0 Å². The van der Waals surface area contributed by atoms with E-state index >= 15 is 0 Å². The van der Waals surface area contributed by atoms with Crippen LogP contribution in [0.2, 0.25) is 0 Å². The second-order valence-corrected chi connectivity index (χ2v) is 15.5. The van der Waals surface area contributed by atoms with Crippen LogP contribution in [0, 0.1) is 5.82 Å². The van der Waals surface area contributed by atoms with E-state index in [0.717, 1.165) is 43.3 Å². The van der Waals surface area contributed by atoms with Gasteiger partial charge in [-0.25, -0.2) is 22.3 Å². The molecule has 7 rings (SSSR count). The first kappa shape index (κ1) is 37.6. The summed E-state index contributed by atoms with van der Waals surface area (Å²) in [6.07, 6.45) is 6.38. The molecule has 0 radical (unpaired) electrons. The first-order valence-electron chi connectivity index (χ1n) is 16.8. The first-order chi connectivity index (χ1) is 23.4. The number of hydrogen-bond acceptors (Lipinski definition) is 8. The molecule has 3 aliphatic heterocycles. The number of piperazine rings is 1. The van der Waals surface area contributed by atoms with E-state index in [9.17, 15) is 27.5 Å². The fourth-order valence-electron chi connectivity index (χ4n) is 7.05. The number of likely N-dealkylation sites (N-methyl/N-ethyl adjacent to an activating group) is 1. The lowest BCUT2D eigenvalue weighted by Crippen LogP contribution is -2.45. The van der Waals surface area contributed by atoms with E-state index in [-0.39, 0.29) is 41.8 Å². The van der Waals surface area contributed by atoms with Crippen LogP contribution in [0.3, 0.4) is 0 Å².